The number of rotatable bonds is 9. The topological polar surface area (TPSA) is 82.5 Å². The van der Waals surface area contributed by atoms with Crippen LogP contribution in [-0.2, 0) is 17.9 Å². The fourth-order valence-corrected chi connectivity index (χ4v) is 3.35. The number of carbonyl (C=O) groups excluding carboxylic acids is 2. The molecule has 0 saturated heterocycles. The van der Waals surface area contributed by atoms with Crippen molar-refractivity contribution in [3.05, 3.63) is 113 Å². The van der Waals surface area contributed by atoms with Crippen molar-refractivity contribution in [2.75, 3.05) is 11.9 Å². The second-order valence-electron chi connectivity index (χ2n) is 7.56. The first kappa shape index (κ1) is 22.8. The van der Waals surface area contributed by atoms with Gasteiger partial charge in [0.05, 0.1) is 18.7 Å². The van der Waals surface area contributed by atoms with Crippen LogP contribution in [0.2, 0.25) is 0 Å². The average Bonchev–Trinajstić information content (AvgIpc) is 3.27. The lowest BCUT2D eigenvalue weighted by molar-refractivity contribution is 0.0526. The molecule has 0 unspecified atom stereocenters. The van der Waals surface area contributed by atoms with Gasteiger partial charge < -0.3 is 14.8 Å². The largest absolute Gasteiger partial charge is 0.471 e. The molecule has 4 aromatic rings. The number of ether oxygens (including phenoxy) is 2. The van der Waals surface area contributed by atoms with Gasteiger partial charge in [0.25, 0.3) is 5.91 Å². The molecule has 34 heavy (non-hydrogen) atoms. The van der Waals surface area contributed by atoms with E-state index in [-0.39, 0.29) is 18.4 Å². The van der Waals surface area contributed by atoms with E-state index in [4.69, 9.17) is 9.47 Å². The first-order valence-electron chi connectivity index (χ1n) is 11.0. The molecule has 0 aliphatic rings. The van der Waals surface area contributed by atoms with E-state index in [0.29, 0.717) is 30.0 Å². The minimum Gasteiger partial charge on any atom is -0.471 e. The smallest absolute Gasteiger partial charge is 0.338 e. The third kappa shape index (κ3) is 5.89. The summed E-state index contributed by atoms with van der Waals surface area (Å²) in [5, 5.41) is 7.36. The molecule has 1 N–H and O–H groups in total. The summed E-state index contributed by atoms with van der Waals surface area (Å²) in [6.07, 6.45) is 1.68. The van der Waals surface area contributed by atoms with Gasteiger partial charge in [0, 0.05) is 11.9 Å². The number of nitrogens with zero attached hydrogens (tertiary/aromatic N) is 2. The first-order chi connectivity index (χ1) is 16.6. The van der Waals surface area contributed by atoms with Crippen molar-refractivity contribution >= 4 is 17.6 Å². The van der Waals surface area contributed by atoms with E-state index >= 15 is 0 Å². The maximum Gasteiger partial charge on any atom is 0.338 e. The zero-order valence-corrected chi connectivity index (χ0v) is 18.8. The Morgan fingerprint density at radius 1 is 0.882 bits per heavy atom. The molecule has 0 fully saturated rings. The fourth-order valence-electron chi connectivity index (χ4n) is 3.35. The molecule has 7 nitrogen and oxygen atoms in total. The number of amides is 1. The van der Waals surface area contributed by atoms with E-state index in [0.717, 1.165) is 11.1 Å². The molecule has 0 bridgehead atoms. The highest BCUT2D eigenvalue weighted by Crippen LogP contribution is 2.21. The highest BCUT2D eigenvalue weighted by atomic mass is 16.5. The van der Waals surface area contributed by atoms with Gasteiger partial charge in [-0.05, 0) is 42.3 Å². The van der Waals surface area contributed by atoms with Crippen molar-refractivity contribution < 1.29 is 19.1 Å². The number of hydrogen-bond donors (Lipinski definition) is 1. The van der Waals surface area contributed by atoms with Gasteiger partial charge in [-0.15, -0.1) is 5.10 Å². The van der Waals surface area contributed by atoms with Crippen LogP contribution < -0.4 is 10.1 Å². The maximum atomic E-state index is 13.1. The maximum absolute atomic E-state index is 13.1. The van der Waals surface area contributed by atoms with Gasteiger partial charge in [-0.2, -0.15) is 0 Å². The number of aromatic nitrogens is 2. The summed E-state index contributed by atoms with van der Waals surface area (Å²) in [5.74, 6) is -0.508. The van der Waals surface area contributed by atoms with Crippen molar-refractivity contribution in [3.63, 3.8) is 0 Å². The summed E-state index contributed by atoms with van der Waals surface area (Å²) < 4.78 is 12.6. The predicted molar refractivity (Wildman–Crippen MR) is 129 cm³/mol. The summed E-state index contributed by atoms with van der Waals surface area (Å²) in [7, 11) is 0. The highest BCUT2D eigenvalue weighted by Gasteiger charge is 2.19. The SMILES string of the molecule is CCOC(=O)c1ccc(NC(=O)c2cn(Cc3ccccc3)nc2OCc2ccccc2)cc1. The Bertz CT molecular complexity index is 1240. The van der Waals surface area contributed by atoms with Gasteiger partial charge in [-0.3, -0.25) is 9.48 Å². The van der Waals surface area contributed by atoms with Gasteiger partial charge in [0.1, 0.15) is 12.2 Å². The number of esters is 1. The number of benzene rings is 3. The second kappa shape index (κ2) is 11.0. The van der Waals surface area contributed by atoms with Gasteiger partial charge in [0.2, 0.25) is 5.88 Å². The summed E-state index contributed by atoms with van der Waals surface area (Å²) in [6, 6.07) is 26.1. The van der Waals surface area contributed by atoms with Crippen LogP contribution in [0.15, 0.2) is 91.1 Å². The van der Waals surface area contributed by atoms with E-state index in [2.05, 4.69) is 10.4 Å². The summed E-state index contributed by atoms with van der Waals surface area (Å²) in [6.45, 7) is 2.85. The van der Waals surface area contributed by atoms with Crippen molar-refractivity contribution in [3.8, 4) is 5.88 Å². The van der Waals surface area contributed by atoms with Crippen LogP contribution in [0.4, 0.5) is 5.69 Å². The molecule has 1 amide bonds. The lowest BCUT2D eigenvalue weighted by Gasteiger charge is -2.08. The van der Waals surface area contributed by atoms with Crippen LogP contribution >= 0.6 is 0 Å². The average molecular weight is 456 g/mol. The van der Waals surface area contributed by atoms with Crippen LogP contribution in [0.3, 0.4) is 0 Å². The van der Waals surface area contributed by atoms with E-state index in [1.54, 1.807) is 42.1 Å². The van der Waals surface area contributed by atoms with Gasteiger partial charge in [0.15, 0.2) is 0 Å². The molecule has 1 aromatic heterocycles. The molecule has 0 aliphatic heterocycles. The molecular formula is C27H25N3O4. The monoisotopic (exact) mass is 455 g/mol. The molecule has 172 valence electrons. The first-order valence-corrected chi connectivity index (χ1v) is 11.0. The Morgan fingerprint density at radius 3 is 2.18 bits per heavy atom. The number of carbonyl (C=O) groups is 2. The zero-order valence-electron chi connectivity index (χ0n) is 18.8. The summed E-state index contributed by atoms with van der Waals surface area (Å²) >= 11 is 0. The quantitative estimate of drug-likeness (QED) is 0.362. The zero-order chi connectivity index (χ0) is 23.8. The Balaban J connectivity index is 1.52. The fraction of sp³-hybridized carbons (Fsp3) is 0.148. The molecule has 0 saturated carbocycles. The third-order valence-corrected chi connectivity index (χ3v) is 5.03. The Morgan fingerprint density at radius 2 is 1.53 bits per heavy atom. The van der Waals surface area contributed by atoms with Crippen LogP contribution in [0.5, 0.6) is 5.88 Å². The summed E-state index contributed by atoms with van der Waals surface area (Å²) in [4.78, 5) is 24.9. The molecule has 0 spiro atoms. The second-order valence-corrected chi connectivity index (χ2v) is 7.56. The van der Waals surface area contributed by atoms with Gasteiger partial charge >= 0.3 is 5.97 Å². The lowest BCUT2D eigenvalue weighted by Crippen LogP contribution is -2.13. The van der Waals surface area contributed by atoms with Crippen molar-refractivity contribution in [1.82, 2.24) is 9.78 Å². The van der Waals surface area contributed by atoms with E-state index in [1.165, 1.54) is 0 Å². The van der Waals surface area contributed by atoms with Gasteiger partial charge in [-0.25, -0.2) is 4.79 Å². The third-order valence-electron chi connectivity index (χ3n) is 5.03. The lowest BCUT2D eigenvalue weighted by atomic mass is 10.2. The molecule has 7 heteroatoms. The number of hydrogen-bond acceptors (Lipinski definition) is 5. The Labute approximate surface area is 197 Å². The molecule has 1 heterocycles. The normalized spacial score (nSPS) is 10.5. The van der Waals surface area contributed by atoms with Crippen molar-refractivity contribution in [1.29, 1.82) is 0 Å². The standard InChI is InChI=1S/C27H25N3O4/c1-2-33-27(32)22-13-15-23(16-14-22)28-25(31)24-18-30(17-20-9-5-3-6-10-20)29-26(24)34-19-21-11-7-4-8-12-21/h3-16,18H,2,17,19H2,1H3,(H,28,31). The minimum absolute atomic E-state index is 0.250. The van der Waals surface area contributed by atoms with E-state index in [1.807, 2.05) is 60.7 Å². The molecule has 0 aliphatic carbocycles. The van der Waals surface area contributed by atoms with Gasteiger partial charge in [-0.1, -0.05) is 60.7 Å². The highest BCUT2D eigenvalue weighted by molar-refractivity contribution is 6.06. The molecule has 0 atom stereocenters. The Hall–Kier alpha value is -4.39. The molecule has 3 aromatic carbocycles. The number of nitrogens with one attached hydrogen (secondary N) is 1. The van der Waals surface area contributed by atoms with Crippen LogP contribution in [0.25, 0.3) is 0 Å². The molecule has 0 radical (unpaired) electrons. The summed E-state index contributed by atoms with van der Waals surface area (Å²) in [5.41, 5.74) is 3.31. The molecule has 4 rings (SSSR count). The minimum atomic E-state index is -0.404. The molecular weight excluding hydrogens is 430 g/mol. The van der Waals surface area contributed by atoms with Crippen LogP contribution in [0.1, 0.15) is 38.8 Å². The van der Waals surface area contributed by atoms with Crippen LogP contribution in [-0.4, -0.2) is 28.3 Å². The van der Waals surface area contributed by atoms with Crippen molar-refractivity contribution in [2.45, 2.75) is 20.1 Å². The van der Waals surface area contributed by atoms with Crippen LogP contribution in [0, 0.1) is 0 Å². The van der Waals surface area contributed by atoms with Crippen molar-refractivity contribution in [2.24, 2.45) is 0 Å². The number of anilines is 1. The predicted octanol–water partition coefficient (Wildman–Crippen LogP) is 4.94. The van der Waals surface area contributed by atoms with E-state index < -0.39 is 5.97 Å². The van der Waals surface area contributed by atoms with E-state index in [9.17, 15) is 9.59 Å². The Kier molecular flexibility index (Phi) is 7.35.